The summed E-state index contributed by atoms with van der Waals surface area (Å²) in [6.07, 6.45) is 2.22. The van der Waals surface area contributed by atoms with E-state index in [1.165, 1.54) is 6.33 Å². The number of hydrogen-bond donors (Lipinski definition) is 3. The van der Waals surface area contributed by atoms with Gasteiger partial charge >= 0.3 is 0 Å². The second-order valence-electron chi connectivity index (χ2n) is 5.01. The van der Waals surface area contributed by atoms with Gasteiger partial charge in [-0.15, -0.1) is 0 Å². The number of aliphatic hydroxyl groups is 1. The van der Waals surface area contributed by atoms with Gasteiger partial charge in [0.1, 0.15) is 12.1 Å². The Bertz CT molecular complexity index is 556. The molecule has 1 aromatic carbocycles. The van der Waals surface area contributed by atoms with Crippen LogP contribution < -0.4 is 11.1 Å². The Kier molecular flexibility index (Phi) is 4.16. The minimum Gasteiger partial charge on any atom is -0.399 e. The lowest BCUT2D eigenvalue weighted by Crippen LogP contribution is -2.27. The van der Waals surface area contributed by atoms with Gasteiger partial charge in [0.2, 0.25) is 0 Å². The molecule has 0 radical (unpaired) electrons. The molecule has 0 aliphatic heterocycles. The van der Waals surface area contributed by atoms with E-state index < -0.39 is 0 Å². The highest BCUT2D eigenvalue weighted by Gasteiger charge is 2.14. The zero-order valence-electron chi connectivity index (χ0n) is 11.3. The summed E-state index contributed by atoms with van der Waals surface area (Å²) in [5.41, 5.74) is 7.27. The second kappa shape index (κ2) is 5.84. The standard InChI is InChI=1S/C14H20N4O/c1-9(2)12(5-6-19)18-14-11-4-3-10(15)7-13(11)16-8-17-14/h3-4,7-9,12,19H,5-6,15H2,1-2H3,(H,16,17,18). The summed E-state index contributed by atoms with van der Waals surface area (Å²) in [6, 6.07) is 5.77. The van der Waals surface area contributed by atoms with Crippen molar-refractivity contribution in [2.45, 2.75) is 26.3 Å². The molecule has 1 heterocycles. The molecule has 5 heteroatoms. The largest absolute Gasteiger partial charge is 0.399 e. The average Bonchev–Trinajstić information content (AvgIpc) is 2.37. The highest BCUT2D eigenvalue weighted by molar-refractivity contribution is 5.90. The van der Waals surface area contributed by atoms with Gasteiger partial charge in [0.05, 0.1) is 5.52 Å². The number of nitrogens with one attached hydrogen (secondary N) is 1. The van der Waals surface area contributed by atoms with E-state index in [2.05, 4.69) is 29.1 Å². The van der Waals surface area contributed by atoms with Crippen LogP contribution in [0.2, 0.25) is 0 Å². The molecule has 2 rings (SSSR count). The van der Waals surface area contributed by atoms with E-state index in [1.54, 1.807) is 0 Å². The number of rotatable bonds is 5. The Morgan fingerprint density at radius 2 is 2.11 bits per heavy atom. The number of nitrogens with two attached hydrogens (primary N) is 1. The highest BCUT2D eigenvalue weighted by atomic mass is 16.3. The smallest absolute Gasteiger partial charge is 0.137 e. The van der Waals surface area contributed by atoms with Gasteiger partial charge in [-0.25, -0.2) is 9.97 Å². The topological polar surface area (TPSA) is 84.1 Å². The van der Waals surface area contributed by atoms with Crippen molar-refractivity contribution in [3.63, 3.8) is 0 Å². The maximum Gasteiger partial charge on any atom is 0.137 e. The third-order valence-corrected chi connectivity index (χ3v) is 3.23. The number of nitrogen functional groups attached to an aromatic ring is 1. The Balaban J connectivity index is 2.34. The Hall–Kier alpha value is -1.88. The summed E-state index contributed by atoms with van der Waals surface area (Å²) in [5.74, 6) is 1.20. The molecular formula is C14H20N4O. The van der Waals surface area contributed by atoms with Gasteiger partial charge in [-0.3, -0.25) is 0 Å². The van der Waals surface area contributed by atoms with E-state index in [0.29, 0.717) is 18.0 Å². The maximum atomic E-state index is 9.12. The molecule has 102 valence electrons. The van der Waals surface area contributed by atoms with Gasteiger partial charge in [-0.2, -0.15) is 0 Å². The molecule has 19 heavy (non-hydrogen) atoms. The number of anilines is 2. The summed E-state index contributed by atoms with van der Waals surface area (Å²) < 4.78 is 0. The third kappa shape index (κ3) is 3.12. The van der Waals surface area contributed by atoms with Gasteiger partial charge in [0.25, 0.3) is 0 Å². The normalized spacial score (nSPS) is 12.8. The van der Waals surface area contributed by atoms with Crippen LogP contribution in [0.25, 0.3) is 10.9 Å². The number of nitrogens with zero attached hydrogens (tertiary/aromatic N) is 2. The Labute approximate surface area is 112 Å². The summed E-state index contributed by atoms with van der Waals surface area (Å²) in [5, 5.41) is 13.5. The summed E-state index contributed by atoms with van der Waals surface area (Å²) in [7, 11) is 0. The van der Waals surface area contributed by atoms with E-state index in [-0.39, 0.29) is 12.6 Å². The van der Waals surface area contributed by atoms with Crippen LogP contribution in [-0.2, 0) is 0 Å². The van der Waals surface area contributed by atoms with Crippen LogP contribution in [-0.4, -0.2) is 27.7 Å². The van der Waals surface area contributed by atoms with E-state index in [4.69, 9.17) is 10.8 Å². The Morgan fingerprint density at radius 3 is 2.79 bits per heavy atom. The van der Waals surface area contributed by atoms with E-state index in [0.717, 1.165) is 16.7 Å². The van der Waals surface area contributed by atoms with Crippen molar-refractivity contribution in [3.05, 3.63) is 24.5 Å². The molecule has 0 aliphatic carbocycles. The van der Waals surface area contributed by atoms with Crippen molar-refractivity contribution in [1.82, 2.24) is 9.97 Å². The van der Waals surface area contributed by atoms with Crippen molar-refractivity contribution < 1.29 is 5.11 Å². The molecule has 0 saturated carbocycles. The predicted molar refractivity (Wildman–Crippen MR) is 77.9 cm³/mol. The van der Waals surface area contributed by atoms with E-state index in [9.17, 15) is 0 Å². The van der Waals surface area contributed by atoms with Crippen LogP contribution in [0.4, 0.5) is 11.5 Å². The number of aromatic nitrogens is 2. The minimum atomic E-state index is 0.159. The molecule has 0 fully saturated rings. The predicted octanol–water partition coefficient (Wildman–Crippen LogP) is 2.03. The zero-order chi connectivity index (χ0) is 13.8. The molecule has 4 N–H and O–H groups in total. The quantitative estimate of drug-likeness (QED) is 0.716. The number of benzene rings is 1. The fourth-order valence-corrected chi connectivity index (χ4v) is 2.08. The lowest BCUT2D eigenvalue weighted by molar-refractivity contribution is 0.267. The van der Waals surface area contributed by atoms with Crippen molar-refractivity contribution in [2.75, 3.05) is 17.7 Å². The average molecular weight is 260 g/mol. The molecule has 0 saturated heterocycles. The SMILES string of the molecule is CC(C)C(CCO)Nc1ncnc2cc(N)ccc12. The van der Waals surface area contributed by atoms with E-state index >= 15 is 0 Å². The van der Waals surface area contributed by atoms with Crippen molar-refractivity contribution in [2.24, 2.45) is 5.92 Å². The Morgan fingerprint density at radius 1 is 1.32 bits per heavy atom. The van der Waals surface area contributed by atoms with Gasteiger partial charge in [0.15, 0.2) is 0 Å². The molecule has 2 aromatic rings. The lowest BCUT2D eigenvalue weighted by Gasteiger charge is -2.22. The highest BCUT2D eigenvalue weighted by Crippen LogP contribution is 2.23. The first-order chi connectivity index (χ1) is 9.11. The summed E-state index contributed by atoms with van der Waals surface area (Å²) >= 11 is 0. The van der Waals surface area contributed by atoms with Crippen molar-refractivity contribution in [1.29, 1.82) is 0 Å². The molecule has 5 nitrogen and oxygen atoms in total. The molecule has 0 aliphatic rings. The summed E-state index contributed by atoms with van der Waals surface area (Å²) in [6.45, 7) is 4.40. The lowest BCUT2D eigenvalue weighted by atomic mass is 10.0. The number of aliphatic hydroxyl groups excluding tert-OH is 1. The third-order valence-electron chi connectivity index (χ3n) is 3.23. The molecule has 1 atom stereocenters. The molecule has 0 bridgehead atoms. The zero-order valence-corrected chi connectivity index (χ0v) is 11.3. The maximum absolute atomic E-state index is 9.12. The van der Waals surface area contributed by atoms with Crippen molar-refractivity contribution >= 4 is 22.4 Å². The fraction of sp³-hybridized carbons (Fsp3) is 0.429. The van der Waals surface area contributed by atoms with Crippen LogP contribution in [0, 0.1) is 5.92 Å². The van der Waals surface area contributed by atoms with Crippen LogP contribution in [0.1, 0.15) is 20.3 Å². The number of fused-ring (bicyclic) bond motifs is 1. The minimum absolute atomic E-state index is 0.159. The van der Waals surface area contributed by atoms with Gasteiger partial charge in [-0.05, 0) is 30.5 Å². The van der Waals surface area contributed by atoms with Crippen LogP contribution in [0.15, 0.2) is 24.5 Å². The van der Waals surface area contributed by atoms with E-state index in [1.807, 2.05) is 18.2 Å². The van der Waals surface area contributed by atoms with Gasteiger partial charge in [0, 0.05) is 23.7 Å². The first kappa shape index (κ1) is 13.5. The van der Waals surface area contributed by atoms with Crippen LogP contribution in [0.5, 0.6) is 0 Å². The van der Waals surface area contributed by atoms with Crippen LogP contribution >= 0.6 is 0 Å². The monoisotopic (exact) mass is 260 g/mol. The van der Waals surface area contributed by atoms with Gasteiger partial charge in [-0.1, -0.05) is 13.8 Å². The molecule has 0 amide bonds. The van der Waals surface area contributed by atoms with Gasteiger partial charge < -0.3 is 16.2 Å². The first-order valence-electron chi connectivity index (χ1n) is 6.49. The summed E-state index contributed by atoms with van der Waals surface area (Å²) in [4.78, 5) is 8.52. The molecule has 0 spiro atoms. The molecular weight excluding hydrogens is 240 g/mol. The number of hydrogen-bond acceptors (Lipinski definition) is 5. The molecule has 1 aromatic heterocycles. The first-order valence-corrected chi connectivity index (χ1v) is 6.49. The fourth-order valence-electron chi connectivity index (χ4n) is 2.08. The second-order valence-corrected chi connectivity index (χ2v) is 5.01. The molecule has 1 unspecified atom stereocenters. The van der Waals surface area contributed by atoms with Crippen molar-refractivity contribution in [3.8, 4) is 0 Å². The van der Waals surface area contributed by atoms with Crippen LogP contribution in [0.3, 0.4) is 0 Å².